The molecule has 136 valence electrons. The lowest BCUT2D eigenvalue weighted by molar-refractivity contribution is 0.102. The van der Waals surface area contributed by atoms with Gasteiger partial charge < -0.3 is 21.1 Å². The van der Waals surface area contributed by atoms with E-state index in [0.29, 0.717) is 23.5 Å². The van der Waals surface area contributed by atoms with Crippen LogP contribution in [0.25, 0.3) is 0 Å². The van der Waals surface area contributed by atoms with E-state index in [1.165, 1.54) is 12.8 Å². The molecular weight excluding hydrogens is 330 g/mol. The predicted octanol–water partition coefficient (Wildman–Crippen LogP) is 3.43. The SMILES string of the molecule is NC(=O)NCc1ccc(C(=O)Nc2ccccc2OC2CCCC2)cc1. The Morgan fingerprint density at radius 3 is 2.42 bits per heavy atom. The molecule has 3 rings (SSSR count). The Balaban J connectivity index is 1.65. The largest absolute Gasteiger partial charge is 0.488 e. The van der Waals surface area contributed by atoms with Crippen LogP contribution < -0.4 is 21.1 Å². The van der Waals surface area contributed by atoms with Crippen LogP contribution in [0.3, 0.4) is 0 Å². The molecule has 1 fully saturated rings. The summed E-state index contributed by atoms with van der Waals surface area (Å²) in [5, 5.41) is 5.43. The van der Waals surface area contributed by atoms with Crippen molar-refractivity contribution in [3.8, 4) is 5.75 Å². The van der Waals surface area contributed by atoms with Gasteiger partial charge in [0, 0.05) is 12.1 Å². The van der Waals surface area contributed by atoms with E-state index in [1.54, 1.807) is 24.3 Å². The third-order valence-electron chi connectivity index (χ3n) is 4.41. The average Bonchev–Trinajstić information content (AvgIpc) is 3.15. The zero-order chi connectivity index (χ0) is 18.4. The van der Waals surface area contributed by atoms with Crippen molar-refractivity contribution in [1.82, 2.24) is 5.32 Å². The molecule has 4 N–H and O–H groups in total. The van der Waals surface area contributed by atoms with Crippen molar-refractivity contribution in [3.63, 3.8) is 0 Å². The molecule has 0 bridgehead atoms. The summed E-state index contributed by atoms with van der Waals surface area (Å²) in [5.41, 5.74) is 7.12. The first-order valence-electron chi connectivity index (χ1n) is 8.81. The molecule has 0 heterocycles. The fraction of sp³-hybridized carbons (Fsp3) is 0.300. The number of nitrogens with one attached hydrogen (secondary N) is 2. The van der Waals surface area contributed by atoms with E-state index in [9.17, 15) is 9.59 Å². The minimum atomic E-state index is -0.578. The Morgan fingerprint density at radius 2 is 1.73 bits per heavy atom. The number of amides is 3. The molecule has 2 aromatic rings. The van der Waals surface area contributed by atoms with Crippen molar-refractivity contribution in [2.75, 3.05) is 5.32 Å². The van der Waals surface area contributed by atoms with Crippen LogP contribution >= 0.6 is 0 Å². The second-order valence-electron chi connectivity index (χ2n) is 6.39. The molecule has 1 saturated carbocycles. The molecule has 0 aliphatic heterocycles. The van der Waals surface area contributed by atoms with Gasteiger partial charge in [0.1, 0.15) is 5.75 Å². The Bertz CT molecular complexity index is 768. The van der Waals surface area contributed by atoms with Gasteiger partial charge in [-0.25, -0.2) is 4.79 Å². The molecular formula is C20H23N3O3. The highest BCUT2D eigenvalue weighted by Gasteiger charge is 2.18. The van der Waals surface area contributed by atoms with Crippen LogP contribution in [0.4, 0.5) is 10.5 Å². The average molecular weight is 353 g/mol. The second kappa shape index (κ2) is 8.38. The molecule has 1 aliphatic carbocycles. The lowest BCUT2D eigenvalue weighted by Crippen LogP contribution is -2.28. The van der Waals surface area contributed by atoms with Crippen molar-refractivity contribution in [2.45, 2.75) is 38.3 Å². The number of hydrogen-bond donors (Lipinski definition) is 3. The number of carbonyl (C=O) groups is 2. The van der Waals surface area contributed by atoms with Crippen molar-refractivity contribution in [3.05, 3.63) is 59.7 Å². The molecule has 6 heteroatoms. The summed E-state index contributed by atoms with van der Waals surface area (Å²) in [6.45, 7) is 0.329. The number of carbonyl (C=O) groups excluding carboxylic acids is 2. The van der Waals surface area contributed by atoms with E-state index < -0.39 is 6.03 Å². The normalized spacial score (nSPS) is 14.0. The van der Waals surface area contributed by atoms with Gasteiger partial charge in [0.15, 0.2) is 0 Å². The number of primary amides is 1. The molecule has 0 unspecified atom stereocenters. The van der Waals surface area contributed by atoms with E-state index >= 15 is 0 Å². The van der Waals surface area contributed by atoms with Gasteiger partial charge in [-0.2, -0.15) is 0 Å². The molecule has 26 heavy (non-hydrogen) atoms. The number of benzene rings is 2. The summed E-state index contributed by atoms with van der Waals surface area (Å²) in [4.78, 5) is 23.3. The Kier molecular flexibility index (Phi) is 5.73. The smallest absolute Gasteiger partial charge is 0.312 e. The monoisotopic (exact) mass is 353 g/mol. The molecule has 0 saturated heterocycles. The standard InChI is InChI=1S/C20H23N3O3/c21-20(25)22-13-14-9-11-15(12-10-14)19(24)23-17-7-3-4-8-18(17)26-16-5-1-2-6-16/h3-4,7-12,16H,1-2,5-6,13H2,(H,23,24)(H3,21,22,25). The fourth-order valence-electron chi connectivity index (χ4n) is 3.02. The van der Waals surface area contributed by atoms with Crippen LogP contribution in [-0.4, -0.2) is 18.0 Å². The van der Waals surface area contributed by atoms with Gasteiger partial charge in [-0.1, -0.05) is 24.3 Å². The second-order valence-corrected chi connectivity index (χ2v) is 6.39. The summed E-state index contributed by atoms with van der Waals surface area (Å²) in [6.07, 6.45) is 4.73. The number of nitrogens with two attached hydrogens (primary N) is 1. The van der Waals surface area contributed by atoms with Gasteiger partial charge in [-0.15, -0.1) is 0 Å². The maximum absolute atomic E-state index is 12.5. The van der Waals surface area contributed by atoms with Crippen LogP contribution in [-0.2, 0) is 6.54 Å². The summed E-state index contributed by atoms with van der Waals surface area (Å²) in [5.74, 6) is 0.497. The first-order valence-corrected chi connectivity index (χ1v) is 8.81. The van der Waals surface area contributed by atoms with E-state index in [-0.39, 0.29) is 12.0 Å². The maximum atomic E-state index is 12.5. The number of para-hydroxylation sites is 2. The molecule has 0 atom stereocenters. The third kappa shape index (κ3) is 4.75. The van der Waals surface area contributed by atoms with Crippen molar-refractivity contribution < 1.29 is 14.3 Å². The molecule has 0 aromatic heterocycles. The summed E-state index contributed by atoms with van der Waals surface area (Å²) in [7, 11) is 0. The van der Waals surface area contributed by atoms with Crippen LogP contribution in [0.15, 0.2) is 48.5 Å². The van der Waals surface area contributed by atoms with E-state index in [2.05, 4.69) is 10.6 Å². The van der Waals surface area contributed by atoms with Gasteiger partial charge in [0.2, 0.25) is 0 Å². The number of ether oxygens (including phenoxy) is 1. The van der Waals surface area contributed by atoms with E-state index in [1.807, 2.05) is 24.3 Å². The Morgan fingerprint density at radius 1 is 1.04 bits per heavy atom. The summed E-state index contributed by atoms with van der Waals surface area (Å²) in [6, 6.07) is 13.9. The van der Waals surface area contributed by atoms with Gasteiger partial charge >= 0.3 is 6.03 Å². The van der Waals surface area contributed by atoms with Crippen molar-refractivity contribution in [2.24, 2.45) is 5.73 Å². The fourth-order valence-corrected chi connectivity index (χ4v) is 3.02. The zero-order valence-corrected chi connectivity index (χ0v) is 14.5. The molecule has 1 aliphatic rings. The number of rotatable bonds is 6. The molecule has 6 nitrogen and oxygen atoms in total. The van der Waals surface area contributed by atoms with Crippen LogP contribution in [0, 0.1) is 0 Å². The zero-order valence-electron chi connectivity index (χ0n) is 14.5. The summed E-state index contributed by atoms with van der Waals surface area (Å²) < 4.78 is 6.05. The highest BCUT2D eigenvalue weighted by Crippen LogP contribution is 2.30. The Hall–Kier alpha value is -3.02. The summed E-state index contributed by atoms with van der Waals surface area (Å²) >= 11 is 0. The first kappa shape index (κ1) is 17.8. The molecule has 2 aromatic carbocycles. The number of anilines is 1. The number of urea groups is 1. The first-order chi connectivity index (χ1) is 12.6. The predicted molar refractivity (Wildman–Crippen MR) is 100 cm³/mol. The lowest BCUT2D eigenvalue weighted by Gasteiger charge is -2.17. The van der Waals surface area contributed by atoms with E-state index in [0.717, 1.165) is 18.4 Å². The maximum Gasteiger partial charge on any atom is 0.312 e. The van der Waals surface area contributed by atoms with Gasteiger partial charge in [0.05, 0.1) is 11.8 Å². The minimum Gasteiger partial charge on any atom is -0.488 e. The van der Waals surface area contributed by atoms with Gasteiger partial charge in [-0.05, 0) is 55.5 Å². The van der Waals surface area contributed by atoms with Crippen molar-refractivity contribution in [1.29, 1.82) is 0 Å². The third-order valence-corrected chi connectivity index (χ3v) is 4.41. The van der Waals surface area contributed by atoms with Gasteiger partial charge in [0.25, 0.3) is 5.91 Å². The van der Waals surface area contributed by atoms with Gasteiger partial charge in [-0.3, -0.25) is 4.79 Å². The van der Waals surface area contributed by atoms with Crippen LogP contribution in [0.5, 0.6) is 5.75 Å². The quantitative estimate of drug-likeness (QED) is 0.743. The lowest BCUT2D eigenvalue weighted by atomic mass is 10.1. The highest BCUT2D eigenvalue weighted by molar-refractivity contribution is 6.05. The van der Waals surface area contributed by atoms with Crippen LogP contribution in [0.2, 0.25) is 0 Å². The number of hydrogen-bond acceptors (Lipinski definition) is 3. The molecule has 0 spiro atoms. The molecule has 0 radical (unpaired) electrons. The Labute approximate surface area is 152 Å². The van der Waals surface area contributed by atoms with Crippen LogP contribution in [0.1, 0.15) is 41.6 Å². The molecule has 3 amide bonds. The highest BCUT2D eigenvalue weighted by atomic mass is 16.5. The van der Waals surface area contributed by atoms with Crippen molar-refractivity contribution >= 4 is 17.6 Å². The topological polar surface area (TPSA) is 93.5 Å². The minimum absolute atomic E-state index is 0.207. The van der Waals surface area contributed by atoms with E-state index in [4.69, 9.17) is 10.5 Å².